The van der Waals surface area contributed by atoms with Crippen LogP contribution in [0.1, 0.15) is 74.6 Å². The molecule has 1 aromatic rings. The Morgan fingerprint density at radius 1 is 1.28 bits per heavy atom. The lowest BCUT2D eigenvalue weighted by Gasteiger charge is -2.28. The molecule has 1 atom stereocenters. The third-order valence-corrected chi connectivity index (χ3v) is 5.65. The summed E-state index contributed by atoms with van der Waals surface area (Å²) in [7, 11) is 0. The van der Waals surface area contributed by atoms with E-state index in [-0.39, 0.29) is 5.91 Å². The van der Waals surface area contributed by atoms with Crippen LogP contribution < -0.4 is 5.32 Å². The Kier molecular flexibility index (Phi) is 6.15. The smallest absolute Gasteiger partial charge is 0.274 e. The van der Waals surface area contributed by atoms with E-state index in [0.29, 0.717) is 6.04 Å². The zero-order valence-electron chi connectivity index (χ0n) is 16.2. The highest BCUT2D eigenvalue weighted by Crippen LogP contribution is 2.26. The van der Waals surface area contributed by atoms with Gasteiger partial charge in [-0.1, -0.05) is 13.8 Å². The Labute approximate surface area is 152 Å². The van der Waals surface area contributed by atoms with Crippen molar-refractivity contribution in [3.8, 4) is 0 Å². The molecule has 1 saturated heterocycles. The number of amides is 1. The van der Waals surface area contributed by atoms with Gasteiger partial charge in [-0.25, -0.2) is 0 Å². The molecular weight excluding hydrogens is 312 g/mol. The zero-order valence-corrected chi connectivity index (χ0v) is 16.2. The molecule has 2 heterocycles. The van der Waals surface area contributed by atoms with Crippen molar-refractivity contribution in [1.29, 1.82) is 0 Å². The van der Waals surface area contributed by atoms with Crippen LogP contribution in [-0.4, -0.2) is 46.3 Å². The van der Waals surface area contributed by atoms with Gasteiger partial charge < -0.3 is 10.2 Å². The average molecular weight is 347 g/mol. The van der Waals surface area contributed by atoms with Crippen molar-refractivity contribution in [1.82, 2.24) is 20.0 Å². The second-order valence-electron chi connectivity index (χ2n) is 8.02. The maximum absolute atomic E-state index is 13.0. The number of rotatable bonds is 6. The molecule has 1 N–H and O–H groups in total. The van der Waals surface area contributed by atoms with Crippen LogP contribution in [0.4, 0.5) is 0 Å². The van der Waals surface area contributed by atoms with E-state index in [0.717, 1.165) is 69.9 Å². The summed E-state index contributed by atoms with van der Waals surface area (Å²) in [5.74, 6) is 0.886. The molecule has 0 radical (unpaired) electrons. The summed E-state index contributed by atoms with van der Waals surface area (Å²) in [5.41, 5.74) is 3.24. The first kappa shape index (κ1) is 18.4. The van der Waals surface area contributed by atoms with Gasteiger partial charge in [0.2, 0.25) is 0 Å². The number of aryl methyl sites for hydroxylation is 1. The number of carbonyl (C=O) groups excluding carboxylic acids is 1. The van der Waals surface area contributed by atoms with Crippen molar-refractivity contribution in [2.75, 3.05) is 19.6 Å². The molecule has 25 heavy (non-hydrogen) atoms. The highest BCUT2D eigenvalue weighted by Gasteiger charge is 2.31. The van der Waals surface area contributed by atoms with Crippen LogP contribution in [-0.2, 0) is 19.4 Å². The summed E-state index contributed by atoms with van der Waals surface area (Å²) < 4.78 is 2.07. The van der Waals surface area contributed by atoms with Gasteiger partial charge in [0.1, 0.15) is 0 Å². The number of fused-ring (bicyclic) bond motifs is 1. The lowest BCUT2D eigenvalue weighted by atomic mass is 9.90. The highest BCUT2D eigenvalue weighted by molar-refractivity contribution is 5.94. The van der Waals surface area contributed by atoms with Crippen LogP contribution >= 0.6 is 0 Å². The van der Waals surface area contributed by atoms with Gasteiger partial charge >= 0.3 is 0 Å². The van der Waals surface area contributed by atoms with Gasteiger partial charge in [0.05, 0.1) is 0 Å². The van der Waals surface area contributed by atoms with E-state index < -0.39 is 0 Å². The molecule has 1 fully saturated rings. The minimum absolute atomic E-state index is 0.158. The number of aromatic nitrogens is 2. The maximum atomic E-state index is 13.0. The Bertz CT molecular complexity index is 587. The van der Waals surface area contributed by atoms with E-state index in [4.69, 9.17) is 5.10 Å². The average Bonchev–Trinajstić information content (AvgIpc) is 2.99. The Balaban J connectivity index is 1.74. The van der Waals surface area contributed by atoms with Crippen LogP contribution in [0.15, 0.2) is 0 Å². The summed E-state index contributed by atoms with van der Waals surface area (Å²) in [5, 5.41) is 8.43. The quantitative estimate of drug-likeness (QED) is 0.861. The number of nitrogens with zero attached hydrogens (tertiary/aromatic N) is 3. The zero-order chi connectivity index (χ0) is 17.8. The number of hydrogen-bond donors (Lipinski definition) is 1. The monoisotopic (exact) mass is 346 g/mol. The van der Waals surface area contributed by atoms with E-state index in [1.54, 1.807) is 0 Å². The van der Waals surface area contributed by atoms with Crippen molar-refractivity contribution in [2.24, 2.45) is 5.92 Å². The predicted octanol–water partition coefficient (Wildman–Crippen LogP) is 3.02. The molecule has 0 spiro atoms. The molecule has 1 aliphatic heterocycles. The Morgan fingerprint density at radius 2 is 2.04 bits per heavy atom. The number of hydrogen-bond acceptors (Lipinski definition) is 3. The predicted molar refractivity (Wildman–Crippen MR) is 101 cm³/mol. The van der Waals surface area contributed by atoms with Crippen molar-refractivity contribution in [2.45, 2.75) is 78.3 Å². The first-order chi connectivity index (χ1) is 12.1. The molecule has 0 aromatic carbocycles. The molecule has 140 valence electrons. The first-order valence-electron chi connectivity index (χ1n) is 10.2. The van der Waals surface area contributed by atoms with Gasteiger partial charge in [-0.15, -0.1) is 0 Å². The van der Waals surface area contributed by atoms with Crippen LogP contribution in [0.5, 0.6) is 0 Å². The molecule has 5 heteroatoms. The van der Waals surface area contributed by atoms with Crippen LogP contribution in [0.2, 0.25) is 0 Å². The molecule has 0 unspecified atom stereocenters. The molecule has 1 aromatic heterocycles. The normalized spacial score (nSPS) is 20.8. The van der Waals surface area contributed by atoms with Gasteiger partial charge in [0, 0.05) is 36.9 Å². The number of nitrogens with one attached hydrogen (secondary N) is 1. The van der Waals surface area contributed by atoms with E-state index in [1.165, 1.54) is 24.1 Å². The topological polar surface area (TPSA) is 50.2 Å². The van der Waals surface area contributed by atoms with E-state index in [1.807, 2.05) is 4.90 Å². The maximum Gasteiger partial charge on any atom is 0.274 e. The van der Waals surface area contributed by atoms with Gasteiger partial charge in [0.25, 0.3) is 5.91 Å². The fourth-order valence-corrected chi connectivity index (χ4v) is 4.12. The number of carbonyl (C=O) groups is 1. The van der Waals surface area contributed by atoms with E-state index in [2.05, 4.69) is 30.8 Å². The fraction of sp³-hybridized carbons (Fsp3) is 0.800. The second-order valence-corrected chi connectivity index (χ2v) is 8.02. The van der Waals surface area contributed by atoms with Crippen LogP contribution in [0, 0.1) is 5.92 Å². The molecule has 0 saturated carbocycles. The van der Waals surface area contributed by atoms with Gasteiger partial charge in [-0.2, -0.15) is 5.10 Å². The summed E-state index contributed by atoms with van der Waals surface area (Å²) >= 11 is 0. The molecule has 5 nitrogen and oxygen atoms in total. The van der Waals surface area contributed by atoms with Crippen molar-refractivity contribution in [3.63, 3.8) is 0 Å². The lowest BCUT2D eigenvalue weighted by molar-refractivity contribution is 0.0716. The summed E-state index contributed by atoms with van der Waals surface area (Å²) in [6.45, 7) is 10.3. The summed E-state index contributed by atoms with van der Waals surface area (Å²) in [6.07, 6.45) is 7.83. The first-order valence-corrected chi connectivity index (χ1v) is 10.2. The van der Waals surface area contributed by atoms with Crippen molar-refractivity contribution >= 4 is 5.91 Å². The third-order valence-electron chi connectivity index (χ3n) is 5.65. The molecule has 2 aliphatic rings. The Hall–Kier alpha value is -1.36. The van der Waals surface area contributed by atoms with Crippen LogP contribution in [0.25, 0.3) is 0 Å². The van der Waals surface area contributed by atoms with E-state index in [9.17, 15) is 4.79 Å². The summed E-state index contributed by atoms with van der Waals surface area (Å²) in [4.78, 5) is 15.1. The van der Waals surface area contributed by atoms with Crippen molar-refractivity contribution < 1.29 is 4.79 Å². The minimum atomic E-state index is 0.158. The number of piperidine rings is 1. The van der Waals surface area contributed by atoms with Crippen molar-refractivity contribution in [3.05, 3.63) is 17.0 Å². The molecule has 0 bridgehead atoms. The van der Waals surface area contributed by atoms with E-state index >= 15 is 0 Å². The van der Waals surface area contributed by atoms with Gasteiger partial charge in [-0.05, 0) is 64.3 Å². The summed E-state index contributed by atoms with van der Waals surface area (Å²) in [6, 6.07) is 0.480. The molecule has 1 amide bonds. The molecule has 3 rings (SSSR count). The molecular formula is C20H34N4O. The largest absolute Gasteiger partial charge is 0.337 e. The second kappa shape index (κ2) is 8.35. The minimum Gasteiger partial charge on any atom is -0.337 e. The highest BCUT2D eigenvalue weighted by atomic mass is 16.2. The third kappa shape index (κ3) is 4.25. The standard InChI is InChI=1S/C20H34N4O/c1-4-24-18-9-8-16(21-11-10-15(2)3)14-17(18)19(22-24)20(25)23-12-6-5-7-13-23/h15-16,21H,4-14H2,1-3H3/t16-/m1/s1. The van der Waals surface area contributed by atoms with Gasteiger partial charge in [-0.3, -0.25) is 9.48 Å². The van der Waals surface area contributed by atoms with Gasteiger partial charge in [0.15, 0.2) is 5.69 Å². The SMILES string of the molecule is CCn1nc(C(=O)N2CCCCC2)c2c1CC[C@@H](NCCC(C)C)C2. The fourth-order valence-electron chi connectivity index (χ4n) is 4.12. The molecule has 1 aliphatic carbocycles. The van der Waals surface area contributed by atoms with Crippen LogP contribution in [0.3, 0.4) is 0 Å². The Morgan fingerprint density at radius 3 is 2.72 bits per heavy atom. The number of likely N-dealkylation sites (tertiary alicyclic amines) is 1. The lowest BCUT2D eigenvalue weighted by Crippen LogP contribution is -2.38.